The highest BCUT2D eigenvalue weighted by atomic mass is 79.9. The molecule has 1 aliphatic rings. The zero-order valence-electron chi connectivity index (χ0n) is 10.7. The van der Waals surface area contributed by atoms with Crippen LogP contribution in [-0.4, -0.2) is 17.2 Å². The van der Waals surface area contributed by atoms with Gasteiger partial charge in [-0.1, -0.05) is 22.9 Å². The molecule has 1 saturated carbocycles. The lowest BCUT2D eigenvalue weighted by atomic mass is 9.89. The van der Waals surface area contributed by atoms with Crippen LogP contribution < -0.4 is 4.74 Å². The van der Waals surface area contributed by atoms with Crippen molar-refractivity contribution in [2.45, 2.75) is 38.7 Å². The molecule has 1 aliphatic carbocycles. The Morgan fingerprint density at radius 1 is 1.22 bits per heavy atom. The highest BCUT2D eigenvalue weighted by molar-refractivity contribution is 9.09. The summed E-state index contributed by atoms with van der Waals surface area (Å²) in [5.41, 5.74) is 0.733. The standard InChI is InChI=1S/C15H19BrO2/c1-11-2-6-13(7-3-11)18-14-8-4-12(5-9-14)15(17)10-16/h4-5,8-9,11,13H,2-3,6-7,10H2,1H3/t11-,13-. The number of carbonyl (C=O) groups excluding carboxylic acids is 1. The quantitative estimate of drug-likeness (QED) is 0.615. The number of ketones is 1. The van der Waals surface area contributed by atoms with Crippen LogP contribution in [0.15, 0.2) is 24.3 Å². The molecule has 2 nitrogen and oxygen atoms in total. The highest BCUT2D eigenvalue weighted by Gasteiger charge is 2.19. The van der Waals surface area contributed by atoms with E-state index < -0.39 is 0 Å². The van der Waals surface area contributed by atoms with E-state index in [2.05, 4.69) is 22.9 Å². The molecule has 1 aromatic rings. The minimum atomic E-state index is 0.105. The van der Waals surface area contributed by atoms with Gasteiger partial charge in [-0.3, -0.25) is 4.79 Å². The minimum absolute atomic E-state index is 0.105. The molecule has 0 aliphatic heterocycles. The number of carbonyl (C=O) groups is 1. The van der Waals surface area contributed by atoms with E-state index in [9.17, 15) is 4.79 Å². The summed E-state index contributed by atoms with van der Waals surface area (Å²) in [7, 11) is 0. The molecule has 0 spiro atoms. The molecule has 1 fully saturated rings. The zero-order chi connectivity index (χ0) is 13.0. The molecular weight excluding hydrogens is 292 g/mol. The van der Waals surface area contributed by atoms with Crippen LogP contribution in [-0.2, 0) is 0 Å². The van der Waals surface area contributed by atoms with Crippen molar-refractivity contribution in [3.8, 4) is 5.75 Å². The van der Waals surface area contributed by atoms with Crippen LogP contribution in [0.25, 0.3) is 0 Å². The molecule has 0 saturated heterocycles. The lowest BCUT2D eigenvalue weighted by molar-refractivity contribution is 0.102. The fraction of sp³-hybridized carbons (Fsp3) is 0.533. The first-order valence-corrected chi connectivity index (χ1v) is 7.67. The third kappa shape index (κ3) is 3.58. The van der Waals surface area contributed by atoms with Gasteiger partial charge in [0.05, 0.1) is 11.4 Å². The Morgan fingerprint density at radius 2 is 1.83 bits per heavy atom. The highest BCUT2D eigenvalue weighted by Crippen LogP contribution is 2.27. The molecule has 1 aromatic carbocycles. The second-order valence-corrected chi connectivity index (χ2v) is 5.64. The molecular formula is C15H19BrO2. The Kier molecular flexibility index (Phi) is 4.81. The summed E-state index contributed by atoms with van der Waals surface area (Å²) in [6, 6.07) is 7.47. The normalized spacial score (nSPS) is 23.7. The van der Waals surface area contributed by atoms with Crippen molar-refractivity contribution in [3.63, 3.8) is 0 Å². The van der Waals surface area contributed by atoms with Crippen LogP contribution >= 0.6 is 15.9 Å². The molecule has 98 valence electrons. The van der Waals surface area contributed by atoms with E-state index in [1.807, 2.05) is 24.3 Å². The van der Waals surface area contributed by atoms with Crippen LogP contribution in [0.5, 0.6) is 5.75 Å². The van der Waals surface area contributed by atoms with E-state index in [-0.39, 0.29) is 5.78 Å². The van der Waals surface area contributed by atoms with Gasteiger partial charge < -0.3 is 4.74 Å². The van der Waals surface area contributed by atoms with Gasteiger partial charge in [-0.25, -0.2) is 0 Å². The molecule has 0 aromatic heterocycles. The predicted octanol–water partition coefficient (Wildman–Crippen LogP) is 4.22. The summed E-state index contributed by atoms with van der Waals surface area (Å²) in [5, 5.41) is 0.369. The third-order valence-electron chi connectivity index (χ3n) is 3.56. The Balaban J connectivity index is 1.92. The summed E-state index contributed by atoms with van der Waals surface area (Å²) in [6.07, 6.45) is 5.14. The Morgan fingerprint density at radius 3 is 2.39 bits per heavy atom. The van der Waals surface area contributed by atoms with Gasteiger partial charge >= 0.3 is 0 Å². The van der Waals surface area contributed by atoms with Crippen LogP contribution in [0, 0.1) is 5.92 Å². The largest absolute Gasteiger partial charge is 0.490 e. The molecule has 0 N–H and O–H groups in total. The first-order chi connectivity index (χ1) is 8.69. The number of alkyl halides is 1. The van der Waals surface area contributed by atoms with Crippen LogP contribution in [0.4, 0.5) is 0 Å². The van der Waals surface area contributed by atoms with Gasteiger partial charge in [0.2, 0.25) is 0 Å². The maximum Gasteiger partial charge on any atom is 0.173 e. The zero-order valence-corrected chi connectivity index (χ0v) is 12.3. The third-order valence-corrected chi connectivity index (χ3v) is 4.07. The summed E-state index contributed by atoms with van der Waals surface area (Å²) in [5.74, 6) is 1.82. The van der Waals surface area contributed by atoms with Gasteiger partial charge in [-0.05, 0) is 55.9 Å². The number of Topliss-reactive ketones (excluding diaryl/α,β-unsaturated/α-hetero) is 1. The molecule has 0 radical (unpaired) electrons. The van der Waals surface area contributed by atoms with Crippen molar-refractivity contribution in [2.24, 2.45) is 5.92 Å². The molecule has 3 heteroatoms. The Hall–Kier alpha value is -0.830. The second kappa shape index (κ2) is 6.37. The summed E-state index contributed by atoms with van der Waals surface area (Å²) < 4.78 is 5.95. The first-order valence-electron chi connectivity index (χ1n) is 6.55. The van der Waals surface area contributed by atoms with Crippen molar-refractivity contribution in [1.82, 2.24) is 0 Å². The number of hydrogen-bond acceptors (Lipinski definition) is 2. The van der Waals surface area contributed by atoms with Gasteiger partial charge in [0.25, 0.3) is 0 Å². The fourth-order valence-corrected chi connectivity index (χ4v) is 2.66. The van der Waals surface area contributed by atoms with Crippen molar-refractivity contribution in [3.05, 3.63) is 29.8 Å². The molecule has 0 bridgehead atoms. The topological polar surface area (TPSA) is 26.3 Å². The average molecular weight is 311 g/mol. The van der Waals surface area contributed by atoms with Gasteiger partial charge in [-0.2, -0.15) is 0 Å². The van der Waals surface area contributed by atoms with Crippen molar-refractivity contribution < 1.29 is 9.53 Å². The molecule has 2 rings (SSSR count). The number of rotatable bonds is 4. The van der Waals surface area contributed by atoms with E-state index in [0.29, 0.717) is 11.4 Å². The van der Waals surface area contributed by atoms with Gasteiger partial charge in [0.15, 0.2) is 5.78 Å². The van der Waals surface area contributed by atoms with Crippen LogP contribution in [0.2, 0.25) is 0 Å². The maximum absolute atomic E-state index is 11.5. The molecule has 0 amide bonds. The number of hydrogen-bond donors (Lipinski definition) is 0. The summed E-state index contributed by atoms with van der Waals surface area (Å²) >= 11 is 3.17. The lowest BCUT2D eigenvalue weighted by Gasteiger charge is -2.26. The monoisotopic (exact) mass is 310 g/mol. The first kappa shape index (κ1) is 13.6. The van der Waals surface area contributed by atoms with Gasteiger partial charge in [0.1, 0.15) is 5.75 Å². The summed E-state index contributed by atoms with van der Waals surface area (Å²) in [6.45, 7) is 2.30. The van der Waals surface area contributed by atoms with Gasteiger partial charge in [-0.15, -0.1) is 0 Å². The SMILES string of the molecule is C[C@H]1CC[C@H](Oc2ccc(C(=O)CBr)cc2)CC1. The van der Waals surface area contributed by atoms with E-state index in [1.165, 1.54) is 12.8 Å². The lowest BCUT2D eigenvalue weighted by Crippen LogP contribution is -2.23. The van der Waals surface area contributed by atoms with E-state index >= 15 is 0 Å². The van der Waals surface area contributed by atoms with Crippen molar-refractivity contribution >= 4 is 21.7 Å². The van der Waals surface area contributed by atoms with E-state index in [1.54, 1.807) is 0 Å². The molecule has 0 atom stereocenters. The Labute approximate surface area is 117 Å². The number of halogens is 1. The van der Waals surface area contributed by atoms with Crippen molar-refractivity contribution in [1.29, 1.82) is 0 Å². The number of benzene rings is 1. The Bertz CT molecular complexity index is 391. The molecule has 0 heterocycles. The van der Waals surface area contributed by atoms with Crippen LogP contribution in [0.3, 0.4) is 0 Å². The van der Waals surface area contributed by atoms with Gasteiger partial charge in [0, 0.05) is 5.56 Å². The second-order valence-electron chi connectivity index (χ2n) is 5.08. The molecule has 18 heavy (non-hydrogen) atoms. The summed E-state index contributed by atoms with van der Waals surface area (Å²) in [4.78, 5) is 11.5. The number of ether oxygens (including phenoxy) is 1. The molecule has 0 unspecified atom stereocenters. The smallest absolute Gasteiger partial charge is 0.173 e. The average Bonchev–Trinajstić information content (AvgIpc) is 2.41. The van der Waals surface area contributed by atoms with E-state index in [4.69, 9.17) is 4.74 Å². The van der Waals surface area contributed by atoms with Crippen LogP contribution in [0.1, 0.15) is 43.0 Å². The maximum atomic E-state index is 11.5. The fourth-order valence-electron chi connectivity index (χ4n) is 2.34. The minimum Gasteiger partial charge on any atom is -0.490 e. The predicted molar refractivity (Wildman–Crippen MR) is 76.6 cm³/mol. The van der Waals surface area contributed by atoms with Crippen molar-refractivity contribution in [2.75, 3.05) is 5.33 Å². The van der Waals surface area contributed by atoms with E-state index in [0.717, 1.165) is 30.1 Å².